The lowest BCUT2D eigenvalue weighted by atomic mass is 10.0. The highest BCUT2D eigenvalue weighted by atomic mass is 19.3. The predicted octanol–water partition coefficient (Wildman–Crippen LogP) is 0.878. The molecule has 4 heteroatoms. The van der Waals surface area contributed by atoms with Crippen molar-refractivity contribution >= 4 is 0 Å². The fourth-order valence-electron chi connectivity index (χ4n) is 1.33. The van der Waals surface area contributed by atoms with Gasteiger partial charge in [0, 0.05) is 19.6 Å². The summed E-state index contributed by atoms with van der Waals surface area (Å²) in [7, 11) is 1.30. The summed E-state index contributed by atoms with van der Waals surface area (Å²) >= 11 is 0. The Morgan fingerprint density at radius 3 is 2.82 bits per heavy atom. The molecule has 0 bridgehead atoms. The standard InChI is InChI=1S/C7H13F2NO/c1-11-5-7(8,9)6-2-3-10-4-6/h6,10H,2-5H2,1H3. The van der Waals surface area contributed by atoms with Crippen LogP contribution in [0.1, 0.15) is 6.42 Å². The van der Waals surface area contributed by atoms with Crippen molar-refractivity contribution in [3.63, 3.8) is 0 Å². The van der Waals surface area contributed by atoms with Gasteiger partial charge in [-0.3, -0.25) is 0 Å². The van der Waals surface area contributed by atoms with E-state index < -0.39 is 18.4 Å². The van der Waals surface area contributed by atoms with E-state index in [2.05, 4.69) is 10.1 Å². The lowest BCUT2D eigenvalue weighted by Gasteiger charge is -2.20. The van der Waals surface area contributed by atoms with Gasteiger partial charge in [0.1, 0.15) is 6.61 Å². The molecule has 66 valence electrons. The van der Waals surface area contributed by atoms with E-state index in [1.165, 1.54) is 7.11 Å². The minimum atomic E-state index is -2.65. The van der Waals surface area contributed by atoms with Crippen LogP contribution < -0.4 is 5.32 Å². The van der Waals surface area contributed by atoms with Crippen molar-refractivity contribution in [3.8, 4) is 0 Å². The Bertz CT molecular complexity index is 124. The molecule has 1 aliphatic rings. The molecule has 1 atom stereocenters. The summed E-state index contributed by atoms with van der Waals surface area (Å²) in [4.78, 5) is 0. The minimum absolute atomic E-state index is 0.413. The van der Waals surface area contributed by atoms with Crippen LogP contribution in [0.15, 0.2) is 0 Å². The van der Waals surface area contributed by atoms with Crippen molar-refractivity contribution in [2.75, 3.05) is 26.8 Å². The maximum atomic E-state index is 13.0. The number of ether oxygens (including phenoxy) is 1. The van der Waals surface area contributed by atoms with Gasteiger partial charge in [0.05, 0.1) is 0 Å². The van der Waals surface area contributed by atoms with Crippen LogP contribution in [-0.2, 0) is 4.74 Å². The fraction of sp³-hybridized carbons (Fsp3) is 1.00. The Balaban J connectivity index is 2.41. The molecule has 0 amide bonds. The Hall–Kier alpha value is -0.220. The molecule has 0 radical (unpaired) electrons. The molecular weight excluding hydrogens is 152 g/mol. The molecule has 0 aromatic heterocycles. The van der Waals surface area contributed by atoms with Crippen LogP contribution in [0.25, 0.3) is 0 Å². The number of hydrogen-bond donors (Lipinski definition) is 1. The van der Waals surface area contributed by atoms with Crippen molar-refractivity contribution in [1.29, 1.82) is 0 Å². The highest BCUT2D eigenvalue weighted by Crippen LogP contribution is 2.29. The van der Waals surface area contributed by atoms with E-state index in [0.29, 0.717) is 19.5 Å². The lowest BCUT2D eigenvalue weighted by molar-refractivity contribution is -0.102. The number of hydrogen-bond acceptors (Lipinski definition) is 2. The van der Waals surface area contributed by atoms with Crippen molar-refractivity contribution in [2.24, 2.45) is 5.92 Å². The van der Waals surface area contributed by atoms with Crippen LogP contribution in [0.4, 0.5) is 8.78 Å². The summed E-state index contributed by atoms with van der Waals surface area (Å²) in [5.74, 6) is -3.19. The molecular formula is C7H13F2NO. The zero-order valence-corrected chi connectivity index (χ0v) is 6.57. The Morgan fingerprint density at radius 1 is 1.64 bits per heavy atom. The number of nitrogens with one attached hydrogen (secondary N) is 1. The van der Waals surface area contributed by atoms with Gasteiger partial charge in [-0.1, -0.05) is 0 Å². The number of methoxy groups -OCH3 is 1. The first-order chi connectivity index (χ1) is 5.17. The molecule has 0 aromatic carbocycles. The second-order valence-corrected chi connectivity index (χ2v) is 2.88. The van der Waals surface area contributed by atoms with Crippen molar-refractivity contribution in [3.05, 3.63) is 0 Å². The Morgan fingerprint density at radius 2 is 2.36 bits per heavy atom. The molecule has 1 aliphatic heterocycles. The molecule has 0 aromatic rings. The smallest absolute Gasteiger partial charge is 0.274 e. The van der Waals surface area contributed by atoms with Crippen LogP contribution in [0.5, 0.6) is 0 Å². The van der Waals surface area contributed by atoms with Gasteiger partial charge in [-0.15, -0.1) is 0 Å². The van der Waals surface area contributed by atoms with E-state index in [9.17, 15) is 8.78 Å². The topological polar surface area (TPSA) is 21.3 Å². The Kier molecular flexibility index (Phi) is 2.78. The molecule has 1 unspecified atom stereocenters. The normalized spacial score (nSPS) is 25.9. The second-order valence-electron chi connectivity index (χ2n) is 2.88. The van der Waals surface area contributed by atoms with E-state index in [-0.39, 0.29) is 0 Å². The largest absolute Gasteiger partial charge is 0.378 e. The molecule has 2 nitrogen and oxygen atoms in total. The summed E-state index contributed by atoms with van der Waals surface area (Å²) in [6.45, 7) is 0.652. The quantitative estimate of drug-likeness (QED) is 0.670. The highest BCUT2D eigenvalue weighted by molar-refractivity contribution is 4.83. The van der Waals surface area contributed by atoms with E-state index >= 15 is 0 Å². The van der Waals surface area contributed by atoms with E-state index in [1.54, 1.807) is 0 Å². The molecule has 11 heavy (non-hydrogen) atoms. The van der Waals surface area contributed by atoms with Crippen LogP contribution in [0, 0.1) is 5.92 Å². The minimum Gasteiger partial charge on any atom is -0.378 e. The van der Waals surface area contributed by atoms with Gasteiger partial charge in [0.2, 0.25) is 0 Å². The van der Waals surface area contributed by atoms with Crippen LogP contribution in [0.2, 0.25) is 0 Å². The van der Waals surface area contributed by atoms with Crippen LogP contribution >= 0.6 is 0 Å². The SMILES string of the molecule is COCC(F)(F)C1CCNC1. The summed E-state index contributed by atoms with van der Waals surface area (Å²) in [6.07, 6.45) is 0.552. The van der Waals surface area contributed by atoms with E-state index in [1.807, 2.05) is 0 Å². The number of rotatable bonds is 3. The average molecular weight is 165 g/mol. The fourth-order valence-corrected chi connectivity index (χ4v) is 1.33. The summed E-state index contributed by atoms with van der Waals surface area (Å²) in [5, 5.41) is 2.90. The summed E-state index contributed by atoms with van der Waals surface area (Å²) < 4.78 is 30.4. The van der Waals surface area contributed by atoms with Crippen LogP contribution in [-0.4, -0.2) is 32.7 Å². The molecule has 1 rings (SSSR count). The average Bonchev–Trinajstić information content (AvgIpc) is 2.37. The third kappa shape index (κ3) is 2.10. The van der Waals surface area contributed by atoms with Gasteiger partial charge in [-0.05, 0) is 13.0 Å². The number of alkyl halides is 2. The molecule has 1 fully saturated rings. The zero-order valence-electron chi connectivity index (χ0n) is 6.57. The zero-order chi connectivity index (χ0) is 8.32. The van der Waals surface area contributed by atoms with E-state index in [0.717, 1.165) is 0 Å². The van der Waals surface area contributed by atoms with Gasteiger partial charge in [-0.2, -0.15) is 0 Å². The van der Waals surface area contributed by atoms with Gasteiger partial charge >= 0.3 is 0 Å². The monoisotopic (exact) mass is 165 g/mol. The maximum Gasteiger partial charge on any atom is 0.274 e. The number of halogens is 2. The molecule has 0 spiro atoms. The molecule has 1 heterocycles. The second kappa shape index (κ2) is 3.45. The first-order valence-corrected chi connectivity index (χ1v) is 3.74. The molecule has 1 saturated heterocycles. The predicted molar refractivity (Wildman–Crippen MR) is 37.8 cm³/mol. The highest BCUT2D eigenvalue weighted by Gasteiger charge is 2.40. The molecule has 1 N–H and O–H groups in total. The van der Waals surface area contributed by atoms with Crippen molar-refractivity contribution in [2.45, 2.75) is 12.3 Å². The van der Waals surface area contributed by atoms with E-state index in [4.69, 9.17) is 0 Å². The maximum absolute atomic E-state index is 13.0. The van der Waals surface area contributed by atoms with Crippen LogP contribution in [0.3, 0.4) is 0 Å². The van der Waals surface area contributed by atoms with Gasteiger partial charge < -0.3 is 10.1 Å². The molecule has 0 aliphatic carbocycles. The first-order valence-electron chi connectivity index (χ1n) is 3.74. The first kappa shape index (κ1) is 8.87. The molecule has 0 saturated carbocycles. The Labute approximate surface area is 64.9 Å². The van der Waals surface area contributed by atoms with Crippen molar-refractivity contribution in [1.82, 2.24) is 5.32 Å². The third-order valence-corrected chi connectivity index (χ3v) is 1.99. The van der Waals surface area contributed by atoms with Gasteiger partial charge in [0.25, 0.3) is 5.92 Å². The third-order valence-electron chi connectivity index (χ3n) is 1.99. The summed E-state index contributed by atoms with van der Waals surface area (Å²) in [5.41, 5.74) is 0. The van der Waals surface area contributed by atoms with Crippen molar-refractivity contribution < 1.29 is 13.5 Å². The van der Waals surface area contributed by atoms with Gasteiger partial charge in [0.15, 0.2) is 0 Å². The lowest BCUT2D eigenvalue weighted by Crippen LogP contribution is -2.34. The summed E-state index contributed by atoms with van der Waals surface area (Å²) in [6, 6.07) is 0. The van der Waals surface area contributed by atoms with Gasteiger partial charge in [-0.25, -0.2) is 8.78 Å².